The number of halogens is 2. The van der Waals surface area contributed by atoms with Gasteiger partial charge in [0.2, 0.25) is 11.8 Å². The third-order valence-electron chi connectivity index (χ3n) is 4.49. The number of carbonyl (C=O) groups excluding carboxylic acids is 4. The first-order chi connectivity index (χ1) is 13.7. The highest BCUT2D eigenvalue weighted by molar-refractivity contribution is 5.95. The molecular formula is C19H23F2N3O5. The number of esters is 1. The van der Waals surface area contributed by atoms with Crippen LogP contribution in [0.25, 0.3) is 0 Å². The lowest BCUT2D eigenvalue weighted by Gasteiger charge is -2.34. The van der Waals surface area contributed by atoms with Gasteiger partial charge in [0.15, 0.2) is 17.7 Å². The van der Waals surface area contributed by atoms with Crippen molar-refractivity contribution in [3.63, 3.8) is 0 Å². The Morgan fingerprint density at radius 1 is 1.03 bits per heavy atom. The van der Waals surface area contributed by atoms with Gasteiger partial charge < -0.3 is 19.9 Å². The fraction of sp³-hybridized carbons (Fsp3) is 0.474. The molecule has 0 aromatic heterocycles. The average Bonchev–Trinajstić information content (AvgIpc) is 2.68. The van der Waals surface area contributed by atoms with Crippen molar-refractivity contribution in [1.29, 1.82) is 0 Å². The van der Waals surface area contributed by atoms with E-state index in [4.69, 9.17) is 4.74 Å². The molecule has 0 radical (unpaired) electrons. The summed E-state index contributed by atoms with van der Waals surface area (Å²) in [6.07, 6.45) is -1.45. The first kappa shape index (κ1) is 22.3. The lowest BCUT2D eigenvalue weighted by Crippen LogP contribution is -2.50. The molecule has 158 valence electrons. The van der Waals surface area contributed by atoms with Crippen molar-refractivity contribution in [1.82, 2.24) is 9.80 Å². The SMILES string of the molecule is CC(=O)N1CCN(C(=O)CCC(=O)O[C@@H](C)C(=O)Nc2ccc(F)c(F)c2)CC1. The van der Waals surface area contributed by atoms with E-state index in [1.807, 2.05) is 0 Å². The van der Waals surface area contributed by atoms with Crippen molar-refractivity contribution in [2.45, 2.75) is 32.8 Å². The fourth-order valence-corrected chi connectivity index (χ4v) is 2.77. The van der Waals surface area contributed by atoms with Gasteiger partial charge in [0.05, 0.1) is 6.42 Å². The number of ether oxygens (including phenoxy) is 1. The molecule has 1 heterocycles. The summed E-state index contributed by atoms with van der Waals surface area (Å²) in [5.74, 6) is -3.88. The topological polar surface area (TPSA) is 96.0 Å². The summed E-state index contributed by atoms with van der Waals surface area (Å²) >= 11 is 0. The van der Waals surface area contributed by atoms with Crippen molar-refractivity contribution in [2.24, 2.45) is 0 Å². The largest absolute Gasteiger partial charge is 0.453 e. The van der Waals surface area contributed by atoms with Gasteiger partial charge >= 0.3 is 5.97 Å². The Morgan fingerprint density at radius 3 is 2.24 bits per heavy atom. The van der Waals surface area contributed by atoms with E-state index in [-0.39, 0.29) is 30.3 Å². The van der Waals surface area contributed by atoms with Crippen LogP contribution >= 0.6 is 0 Å². The second-order valence-electron chi connectivity index (χ2n) is 6.64. The monoisotopic (exact) mass is 411 g/mol. The molecule has 8 nitrogen and oxygen atoms in total. The molecule has 1 aromatic rings. The predicted molar refractivity (Wildman–Crippen MR) is 98.6 cm³/mol. The summed E-state index contributed by atoms with van der Waals surface area (Å²) in [7, 11) is 0. The quantitative estimate of drug-likeness (QED) is 0.712. The van der Waals surface area contributed by atoms with Crippen molar-refractivity contribution in [2.75, 3.05) is 31.5 Å². The van der Waals surface area contributed by atoms with Gasteiger partial charge in [-0.1, -0.05) is 0 Å². The van der Waals surface area contributed by atoms with Crippen LogP contribution in [0.3, 0.4) is 0 Å². The zero-order valence-corrected chi connectivity index (χ0v) is 16.2. The van der Waals surface area contributed by atoms with Crippen molar-refractivity contribution >= 4 is 29.4 Å². The molecule has 0 spiro atoms. The van der Waals surface area contributed by atoms with Gasteiger partial charge in [0.25, 0.3) is 5.91 Å². The summed E-state index contributed by atoms with van der Waals surface area (Å²) in [5, 5.41) is 2.31. The van der Waals surface area contributed by atoms with Gasteiger partial charge in [0, 0.05) is 51.3 Å². The fourth-order valence-electron chi connectivity index (χ4n) is 2.77. The highest BCUT2D eigenvalue weighted by Crippen LogP contribution is 2.14. The maximum atomic E-state index is 13.2. The van der Waals surface area contributed by atoms with Gasteiger partial charge in [-0.3, -0.25) is 19.2 Å². The van der Waals surface area contributed by atoms with Gasteiger partial charge in [-0.2, -0.15) is 0 Å². The number of anilines is 1. The Labute approximate surface area is 166 Å². The van der Waals surface area contributed by atoms with Crippen molar-refractivity contribution in [3.8, 4) is 0 Å². The van der Waals surface area contributed by atoms with E-state index in [1.54, 1.807) is 9.80 Å². The minimum atomic E-state index is -1.18. The van der Waals surface area contributed by atoms with Crippen LogP contribution in [-0.2, 0) is 23.9 Å². The molecule has 3 amide bonds. The van der Waals surface area contributed by atoms with Gasteiger partial charge in [-0.15, -0.1) is 0 Å². The first-order valence-corrected chi connectivity index (χ1v) is 9.16. The molecule has 0 aliphatic carbocycles. The minimum Gasteiger partial charge on any atom is -0.453 e. The zero-order chi connectivity index (χ0) is 21.6. The molecule has 0 bridgehead atoms. The molecule has 1 aliphatic heterocycles. The van der Waals surface area contributed by atoms with Crippen LogP contribution < -0.4 is 5.32 Å². The van der Waals surface area contributed by atoms with Gasteiger partial charge in [-0.05, 0) is 19.1 Å². The number of benzene rings is 1. The minimum absolute atomic E-state index is 0.0247. The van der Waals surface area contributed by atoms with Crippen molar-refractivity contribution < 1.29 is 32.7 Å². The Balaban J connectivity index is 1.73. The van der Waals surface area contributed by atoms with Crippen LogP contribution in [-0.4, -0.2) is 65.8 Å². The predicted octanol–water partition coefficient (Wildman–Crippen LogP) is 1.31. The van der Waals surface area contributed by atoms with E-state index < -0.39 is 29.6 Å². The molecule has 1 atom stereocenters. The third kappa shape index (κ3) is 6.51. The number of hydrogen-bond donors (Lipinski definition) is 1. The van der Waals surface area contributed by atoms with Crippen LogP contribution in [0.5, 0.6) is 0 Å². The van der Waals surface area contributed by atoms with Gasteiger partial charge in [0.1, 0.15) is 0 Å². The van der Waals surface area contributed by atoms with Gasteiger partial charge in [-0.25, -0.2) is 8.78 Å². The third-order valence-corrected chi connectivity index (χ3v) is 4.49. The maximum Gasteiger partial charge on any atom is 0.307 e. The van der Waals surface area contributed by atoms with E-state index in [1.165, 1.54) is 19.9 Å². The van der Waals surface area contributed by atoms with Crippen LogP contribution in [0.15, 0.2) is 18.2 Å². The van der Waals surface area contributed by atoms with Crippen LogP contribution in [0.1, 0.15) is 26.7 Å². The van der Waals surface area contributed by atoms with Crippen LogP contribution in [0.2, 0.25) is 0 Å². The molecule has 1 fully saturated rings. The Kier molecular flexibility index (Phi) is 7.63. The molecule has 1 aromatic carbocycles. The summed E-state index contributed by atoms with van der Waals surface area (Å²) in [5.41, 5.74) is 0.0247. The molecular weight excluding hydrogens is 388 g/mol. The van der Waals surface area contributed by atoms with Crippen LogP contribution in [0, 0.1) is 11.6 Å². The van der Waals surface area contributed by atoms with E-state index >= 15 is 0 Å². The number of amides is 3. The lowest BCUT2D eigenvalue weighted by atomic mass is 10.2. The summed E-state index contributed by atoms with van der Waals surface area (Å²) in [4.78, 5) is 50.6. The number of piperazine rings is 1. The summed E-state index contributed by atoms with van der Waals surface area (Å²) in [6, 6.07) is 2.85. The molecule has 1 N–H and O–H groups in total. The molecule has 2 rings (SSSR count). The highest BCUT2D eigenvalue weighted by Gasteiger charge is 2.24. The Hall–Kier alpha value is -3.04. The molecule has 29 heavy (non-hydrogen) atoms. The number of rotatable bonds is 6. The lowest BCUT2D eigenvalue weighted by molar-refractivity contribution is -0.154. The van der Waals surface area contributed by atoms with E-state index in [0.29, 0.717) is 26.2 Å². The number of nitrogens with one attached hydrogen (secondary N) is 1. The summed E-state index contributed by atoms with van der Waals surface area (Å²) in [6.45, 7) is 4.51. The second kappa shape index (κ2) is 9.94. The average molecular weight is 411 g/mol. The van der Waals surface area contributed by atoms with E-state index in [9.17, 15) is 28.0 Å². The number of hydrogen-bond acceptors (Lipinski definition) is 5. The molecule has 1 aliphatic rings. The standard InChI is InChI=1S/C19H23F2N3O5/c1-12(19(28)22-14-3-4-15(20)16(21)11-14)29-18(27)6-5-17(26)24-9-7-23(8-10-24)13(2)25/h3-4,11-12H,5-10H2,1-2H3,(H,22,28)/t12-/m0/s1. The molecule has 1 saturated heterocycles. The summed E-state index contributed by atoms with van der Waals surface area (Å²) < 4.78 is 31.0. The number of nitrogens with zero attached hydrogens (tertiary/aromatic N) is 2. The highest BCUT2D eigenvalue weighted by atomic mass is 19.2. The van der Waals surface area contributed by atoms with Crippen molar-refractivity contribution in [3.05, 3.63) is 29.8 Å². The first-order valence-electron chi connectivity index (χ1n) is 9.16. The normalized spacial score (nSPS) is 14.9. The Bertz CT molecular complexity index is 794. The van der Waals surface area contributed by atoms with E-state index in [2.05, 4.69) is 5.32 Å². The second-order valence-corrected chi connectivity index (χ2v) is 6.64. The van der Waals surface area contributed by atoms with E-state index in [0.717, 1.165) is 12.1 Å². The molecule has 0 unspecified atom stereocenters. The van der Waals surface area contributed by atoms with Crippen LogP contribution in [0.4, 0.5) is 14.5 Å². The Morgan fingerprint density at radius 2 is 1.66 bits per heavy atom. The smallest absolute Gasteiger partial charge is 0.307 e. The maximum absolute atomic E-state index is 13.2. The number of carbonyl (C=O) groups is 4. The molecule has 10 heteroatoms. The molecule has 0 saturated carbocycles. The zero-order valence-electron chi connectivity index (χ0n) is 16.2.